The van der Waals surface area contributed by atoms with E-state index in [0.29, 0.717) is 0 Å². The average molecular weight is 370 g/mol. The molecule has 0 bridgehead atoms. The first-order valence-electron chi connectivity index (χ1n) is 9.66. The number of benzene rings is 1. The number of rotatable bonds is 4. The van der Waals surface area contributed by atoms with E-state index in [1.807, 2.05) is 27.8 Å². The van der Waals surface area contributed by atoms with Gasteiger partial charge < -0.3 is 10.2 Å². The summed E-state index contributed by atoms with van der Waals surface area (Å²) in [5.41, 5.74) is 6.66. The number of carbonyl (C=O) groups excluding carboxylic acids is 1. The number of nitrogens with zero attached hydrogens (tertiary/aromatic N) is 4. The van der Waals surface area contributed by atoms with Crippen molar-refractivity contribution in [3.8, 4) is 0 Å². The Hall–Kier alpha value is -2.34. The standard InChI is InChI=1S/C21H31N5O/c1-14-8-7-9-19(15(14)2)26-12-10-25(11-13-26)18(5)21(27)22-20-16(3)23-24(6)17(20)4/h7-9,18H,10-13H2,1-6H3,(H,22,27). The van der Waals surface area contributed by atoms with Gasteiger partial charge in [0.25, 0.3) is 0 Å². The Labute approximate surface area is 162 Å². The summed E-state index contributed by atoms with van der Waals surface area (Å²) in [5, 5.41) is 7.45. The van der Waals surface area contributed by atoms with Gasteiger partial charge in [-0.1, -0.05) is 12.1 Å². The van der Waals surface area contributed by atoms with Gasteiger partial charge in [0.15, 0.2) is 0 Å². The lowest BCUT2D eigenvalue weighted by Crippen LogP contribution is -2.53. The fourth-order valence-electron chi connectivity index (χ4n) is 3.78. The number of piperazine rings is 1. The van der Waals surface area contributed by atoms with E-state index in [0.717, 1.165) is 43.3 Å². The summed E-state index contributed by atoms with van der Waals surface area (Å²) in [5.74, 6) is 0.0365. The van der Waals surface area contributed by atoms with Crippen molar-refractivity contribution in [3.63, 3.8) is 0 Å². The molecule has 1 fully saturated rings. The minimum atomic E-state index is -0.162. The topological polar surface area (TPSA) is 53.4 Å². The largest absolute Gasteiger partial charge is 0.369 e. The second-order valence-corrected chi connectivity index (χ2v) is 7.58. The first-order chi connectivity index (χ1) is 12.8. The van der Waals surface area contributed by atoms with E-state index in [1.54, 1.807) is 4.68 Å². The van der Waals surface area contributed by atoms with Crippen molar-refractivity contribution in [2.75, 3.05) is 36.4 Å². The number of amides is 1. The van der Waals surface area contributed by atoms with Crippen LogP contribution in [0, 0.1) is 27.7 Å². The van der Waals surface area contributed by atoms with Gasteiger partial charge >= 0.3 is 0 Å². The van der Waals surface area contributed by atoms with Crippen LogP contribution in [0.4, 0.5) is 11.4 Å². The Kier molecular flexibility index (Phi) is 5.56. The van der Waals surface area contributed by atoms with E-state index in [9.17, 15) is 4.79 Å². The molecule has 1 atom stereocenters. The number of anilines is 2. The van der Waals surface area contributed by atoms with Gasteiger partial charge in [-0.05, 0) is 51.8 Å². The van der Waals surface area contributed by atoms with Crippen LogP contribution >= 0.6 is 0 Å². The van der Waals surface area contributed by atoms with Crippen LogP contribution in [0.1, 0.15) is 29.4 Å². The summed E-state index contributed by atoms with van der Waals surface area (Å²) in [7, 11) is 1.90. The molecule has 0 radical (unpaired) electrons. The van der Waals surface area contributed by atoms with E-state index in [4.69, 9.17) is 0 Å². The molecule has 0 spiro atoms. The lowest BCUT2D eigenvalue weighted by Gasteiger charge is -2.39. The van der Waals surface area contributed by atoms with Crippen LogP contribution in [0.3, 0.4) is 0 Å². The quantitative estimate of drug-likeness (QED) is 0.900. The summed E-state index contributed by atoms with van der Waals surface area (Å²) in [6.45, 7) is 13.9. The highest BCUT2D eigenvalue weighted by molar-refractivity contribution is 5.95. The zero-order chi connectivity index (χ0) is 19.7. The van der Waals surface area contributed by atoms with Gasteiger partial charge in [0.2, 0.25) is 5.91 Å². The zero-order valence-corrected chi connectivity index (χ0v) is 17.3. The van der Waals surface area contributed by atoms with Gasteiger partial charge in [0, 0.05) is 38.9 Å². The molecule has 1 aliphatic rings. The molecule has 2 heterocycles. The van der Waals surface area contributed by atoms with Crippen molar-refractivity contribution in [1.29, 1.82) is 0 Å². The SMILES string of the molecule is Cc1cccc(N2CCN(C(C)C(=O)Nc3c(C)nn(C)c3C)CC2)c1C. The van der Waals surface area contributed by atoms with Crippen LogP contribution in [-0.4, -0.2) is 52.8 Å². The van der Waals surface area contributed by atoms with Crippen LogP contribution in [0.15, 0.2) is 18.2 Å². The summed E-state index contributed by atoms with van der Waals surface area (Å²) in [4.78, 5) is 17.5. The first kappa shape index (κ1) is 19.4. The normalized spacial score (nSPS) is 16.4. The summed E-state index contributed by atoms with van der Waals surface area (Å²) < 4.78 is 1.80. The van der Waals surface area contributed by atoms with Crippen molar-refractivity contribution in [2.24, 2.45) is 7.05 Å². The average Bonchev–Trinajstić information content (AvgIpc) is 2.89. The monoisotopic (exact) mass is 369 g/mol. The molecular formula is C21H31N5O. The highest BCUT2D eigenvalue weighted by Crippen LogP contribution is 2.24. The zero-order valence-electron chi connectivity index (χ0n) is 17.3. The third kappa shape index (κ3) is 3.86. The number of carbonyl (C=O) groups is 1. The second kappa shape index (κ2) is 7.72. The van der Waals surface area contributed by atoms with Gasteiger partial charge in [-0.2, -0.15) is 5.10 Å². The highest BCUT2D eigenvalue weighted by atomic mass is 16.2. The van der Waals surface area contributed by atoms with E-state index >= 15 is 0 Å². The molecule has 1 amide bonds. The van der Waals surface area contributed by atoms with Gasteiger partial charge in [-0.15, -0.1) is 0 Å². The van der Waals surface area contributed by atoms with Crippen LogP contribution < -0.4 is 10.2 Å². The maximum Gasteiger partial charge on any atom is 0.241 e. The number of hydrogen-bond acceptors (Lipinski definition) is 4. The predicted octanol–water partition coefficient (Wildman–Crippen LogP) is 2.80. The Morgan fingerprint density at radius 3 is 2.37 bits per heavy atom. The molecule has 1 saturated heterocycles. The van der Waals surface area contributed by atoms with Gasteiger partial charge in [-0.25, -0.2) is 0 Å². The predicted molar refractivity (Wildman–Crippen MR) is 110 cm³/mol. The first-order valence-corrected chi connectivity index (χ1v) is 9.66. The summed E-state index contributed by atoms with van der Waals surface area (Å²) in [6.07, 6.45) is 0. The van der Waals surface area contributed by atoms with Crippen molar-refractivity contribution in [2.45, 2.75) is 40.7 Å². The lowest BCUT2D eigenvalue weighted by atomic mass is 10.1. The smallest absolute Gasteiger partial charge is 0.241 e. The number of nitrogens with one attached hydrogen (secondary N) is 1. The number of aromatic nitrogens is 2. The molecule has 146 valence electrons. The van der Waals surface area contributed by atoms with E-state index in [2.05, 4.69) is 52.3 Å². The minimum Gasteiger partial charge on any atom is -0.369 e. The highest BCUT2D eigenvalue weighted by Gasteiger charge is 2.27. The van der Waals surface area contributed by atoms with Gasteiger partial charge in [0.1, 0.15) is 0 Å². The Morgan fingerprint density at radius 1 is 1.11 bits per heavy atom. The molecule has 1 aliphatic heterocycles. The molecule has 27 heavy (non-hydrogen) atoms. The third-order valence-corrected chi connectivity index (χ3v) is 5.92. The molecule has 6 nitrogen and oxygen atoms in total. The Morgan fingerprint density at radius 2 is 1.78 bits per heavy atom. The van der Waals surface area contributed by atoms with Crippen LogP contribution in [0.25, 0.3) is 0 Å². The van der Waals surface area contributed by atoms with Crippen molar-refractivity contribution in [1.82, 2.24) is 14.7 Å². The minimum absolute atomic E-state index is 0.0365. The van der Waals surface area contributed by atoms with Gasteiger partial charge in [-0.3, -0.25) is 14.4 Å². The van der Waals surface area contributed by atoms with E-state index < -0.39 is 0 Å². The molecule has 0 aliphatic carbocycles. The van der Waals surface area contributed by atoms with E-state index in [-0.39, 0.29) is 11.9 Å². The number of hydrogen-bond donors (Lipinski definition) is 1. The molecule has 2 aromatic rings. The molecule has 1 aromatic heterocycles. The molecule has 1 unspecified atom stereocenters. The summed E-state index contributed by atoms with van der Waals surface area (Å²) in [6, 6.07) is 6.31. The molecule has 3 rings (SSSR count). The third-order valence-electron chi connectivity index (χ3n) is 5.92. The fraction of sp³-hybridized carbons (Fsp3) is 0.524. The maximum atomic E-state index is 12.8. The van der Waals surface area contributed by atoms with Crippen LogP contribution in [0.5, 0.6) is 0 Å². The molecule has 0 saturated carbocycles. The Balaban J connectivity index is 1.62. The van der Waals surface area contributed by atoms with Crippen molar-refractivity contribution < 1.29 is 4.79 Å². The lowest BCUT2D eigenvalue weighted by molar-refractivity contribution is -0.120. The second-order valence-electron chi connectivity index (χ2n) is 7.58. The molecular weight excluding hydrogens is 338 g/mol. The fourth-order valence-corrected chi connectivity index (χ4v) is 3.78. The Bertz CT molecular complexity index is 833. The van der Waals surface area contributed by atoms with E-state index in [1.165, 1.54) is 16.8 Å². The molecule has 1 aromatic carbocycles. The van der Waals surface area contributed by atoms with Crippen LogP contribution in [-0.2, 0) is 11.8 Å². The van der Waals surface area contributed by atoms with Crippen LogP contribution in [0.2, 0.25) is 0 Å². The molecule has 6 heteroatoms. The van der Waals surface area contributed by atoms with Crippen molar-refractivity contribution in [3.05, 3.63) is 40.7 Å². The summed E-state index contributed by atoms with van der Waals surface area (Å²) >= 11 is 0. The number of aryl methyl sites for hydroxylation is 3. The van der Waals surface area contributed by atoms with Crippen molar-refractivity contribution >= 4 is 17.3 Å². The van der Waals surface area contributed by atoms with Gasteiger partial charge in [0.05, 0.1) is 23.1 Å². The molecule has 1 N–H and O–H groups in total. The maximum absolute atomic E-state index is 12.8.